The third kappa shape index (κ3) is 3.39. The van der Waals surface area contributed by atoms with E-state index in [0.717, 1.165) is 35.0 Å². The molecule has 0 unspecified atom stereocenters. The van der Waals surface area contributed by atoms with Crippen molar-refractivity contribution >= 4 is 12.1 Å². The Morgan fingerprint density at radius 1 is 1.43 bits per heavy atom. The molecule has 0 amide bonds. The summed E-state index contributed by atoms with van der Waals surface area (Å²) in [5.41, 5.74) is 4.01. The van der Waals surface area contributed by atoms with Gasteiger partial charge in [0.05, 0.1) is 12.2 Å². The number of phenolic OH excluding ortho intramolecular Hbond substituents is 1. The van der Waals surface area contributed by atoms with E-state index in [2.05, 4.69) is 0 Å². The minimum atomic E-state index is -0.166. The van der Waals surface area contributed by atoms with Crippen LogP contribution in [0.25, 0.3) is 0 Å². The Kier molecular flexibility index (Phi) is 4.91. The van der Waals surface area contributed by atoms with Crippen LogP contribution in [0.3, 0.4) is 0 Å². The number of aldehydes is 1. The smallest absolute Gasteiger partial charge is 0.192 e. The van der Waals surface area contributed by atoms with Crippen LogP contribution in [0.5, 0.6) is 5.75 Å². The second-order valence-electron chi connectivity index (χ2n) is 5.43. The average molecular weight is 288 g/mol. The summed E-state index contributed by atoms with van der Waals surface area (Å²) in [6.07, 6.45) is 4.68. The maximum absolute atomic E-state index is 12.0. The lowest BCUT2D eigenvalue weighted by molar-refractivity contribution is -0.107. The minimum Gasteiger partial charge on any atom is -0.507 e. The monoisotopic (exact) mass is 288 g/mol. The maximum Gasteiger partial charge on any atom is 0.192 e. The SMILES string of the molecule is C/C(=C\Cc1cc(C)c2c(c1O)C(=O)COC2)CCC=O. The normalized spacial score (nSPS) is 15.0. The molecular weight excluding hydrogens is 268 g/mol. The van der Waals surface area contributed by atoms with Gasteiger partial charge < -0.3 is 14.6 Å². The number of phenols is 1. The van der Waals surface area contributed by atoms with Crippen LogP contribution in [0.1, 0.15) is 46.8 Å². The number of allylic oxidation sites excluding steroid dienone is 2. The van der Waals surface area contributed by atoms with Crippen molar-refractivity contribution in [2.24, 2.45) is 0 Å². The van der Waals surface area contributed by atoms with E-state index in [0.29, 0.717) is 25.0 Å². The summed E-state index contributed by atoms with van der Waals surface area (Å²) in [6.45, 7) is 4.28. The second-order valence-corrected chi connectivity index (χ2v) is 5.43. The van der Waals surface area contributed by atoms with Gasteiger partial charge in [-0.15, -0.1) is 0 Å². The van der Waals surface area contributed by atoms with Crippen molar-refractivity contribution < 1.29 is 19.4 Å². The molecule has 1 aromatic rings. The van der Waals surface area contributed by atoms with Crippen LogP contribution in [0.15, 0.2) is 17.7 Å². The van der Waals surface area contributed by atoms with Crippen LogP contribution >= 0.6 is 0 Å². The molecule has 0 atom stereocenters. The number of rotatable bonds is 5. The van der Waals surface area contributed by atoms with Gasteiger partial charge in [0.2, 0.25) is 0 Å². The molecule has 0 spiro atoms. The van der Waals surface area contributed by atoms with Crippen molar-refractivity contribution in [3.05, 3.63) is 40.0 Å². The molecular formula is C17H20O4. The largest absolute Gasteiger partial charge is 0.507 e. The van der Waals surface area contributed by atoms with E-state index >= 15 is 0 Å². The van der Waals surface area contributed by atoms with Crippen molar-refractivity contribution in [2.45, 2.75) is 39.7 Å². The summed E-state index contributed by atoms with van der Waals surface area (Å²) in [5.74, 6) is -0.0938. The van der Waals surface area contributed by atoms with Crippen molar-refractivity contribution in [3.63, 3.8) is 0 Å². The highest BCUT2D eigenvalue weighted by molar-refractivity contribution is 6.02. The van der Waals surface area contributed by atoms with Crippen molar-refractivity contribution in [1.29, 1.82) is 0 Å². The zero-order chi connectivity index (χ0) is 15.4. The van der Waals surface area contributed by atoms with E-state index in [1.54, 1.807) is 0 Å². The number of carbonyl (C=O) groups is 2. The van der Waals surface area contributed by atoms with Gasteiger partial charge in [0, 0.05) is 6.42 Å². The Morgan fingerprint density at radius 2 is 2.19 bits per heavy atom. The van der Waals surface area contributed by atoms with Crippen LogP contribution in [0, 0.1) is 6.92 Å². The van der Waals surface area contributed by atoms with Crippen molar-refractivity contribution in [1.82, 2.24) is 0 Å². The fraction of sp³-hybridized carbons (Fsp3) is 0.412. The molecule has 0 saturated heterocycles. The molecule has 1 aliphatic heterocycles. The summed E-state index contributed by atoms with van der Waals surface area (Å²) < 4.78 is 5.22. The van der Waals surface area contributed by atoms with Gasteiger partial charge in [-0.3, -0.25) is 4.79 Å². The van der Waals surface area contributed by atoms with Gasteiger partial charge in [-0.25, -0.2) is 0 Å². The molecule has 1 aromatic carbocycles. The zero-order valence-electron chi connectivity index (χ0n) is 12.4. The first-order chi connectivity index (χ1) is 10.0. The first-order valence-electron chi connectivity index (χ1n) is 7.09. The third-order valence-electron chi connectivity index (χ3n) is 3.79. The van der Waals surface area contributed by atoms with Crippen LogP contribution in [0.4, 0.5) is 0 Å². The third-order valence-corrected chi connectivity index (χ3v) is 3.79. The Hall–Kier alpha value is -1.94. The van der Waals surface area contributed by atoms with Gasteiger partial charge in [0.25, 0.3) is 0 Å². The van der Waals surface area contributed by atoms with Gasteiger partial charge in [-0.05, 0) is 43.4 Å². The quantitative estimate of drug-likeness (QED) is 0.668. The number of fused-ring (bicyclic) bond motifs is 1. The number of Topliss-reactive ketones (excluding diaryl/α,β-unsaturated/α-hetero) is 1. The predicted octanol–water partition coefficient (Wildman–Crippen LogP) is 2.88. The molecule has 0 aromatic heterocycles. The summed E-state index contributed by atoms with van der Waals surface area (Å²) >= 11 is 0. The molecule has 1 N–H and O–H groups in total. The standard InChI is InChI=1S/C17H20O4/c1-11(4-3-7-18)5-6-13-8-12(2)14-9-21-10-15(19)16(14)17(13)20/h5,7-8,20H,3-4,6,9-10H2,1-2H3/b11-5+. The molecule has 0 bridgehead atoms. The number of ketones is 1. The van der Waals surface area contributed by atoms with Crippen molar-refractivity contribution in [2.75, 3.05) is 6.61 Å². The first-order valence-corrected chi connectivity index (χ1v) is 7.09. The summed E-state index contributed by atoms with van der Waals surface area (Å²) in [4.78, 5) is 22.3. The van der Waals surface area contributed by atoms with Crippen LogP contribution < -0.4 is 0 Å². The van der Waals surface area contributed by atoms with Gasteiger partial charge in [-0.1, -0.05) is 17.7 Å². The molecule has 2 rings (SSSR count). The lowest BCUT2D eigenvalue weighted by atomic mass is 9.92. The highest BCUT2D eigenvalue weighted by Gasteiger charge is 2.25. The second kappa shape index (κ2) is 6.68. The molecule has 21 heavy (non-hydrogen) atoms. The molecule has 4 heteroatoms. The Balaban J connectivity index is 2.29. The Bertz CT molecular complexity index is 599. The van der Waals surface area contributed by atoms with E-state index in [1.807, 2.05) is 26.0 Å². The van der Waals surface area contributed by atoms with E-state index in [4.69, 9.17) is 4.74 Å². The molecule has 0 radical (unpaired) electrons. The number of carbonyl (C=O) groups excluding carboxylic acids is 2. The van der Waals surface area contributed by atoms with E-state index in [-0.39, 0.29) is 18.1 Å². The molecule has 1 heterocycles. The number of ether oxygens (including phenoxy) is 1. The number of aryl methyl sites for hydroxylation is 1. The number of hydrogen-bond acceptors (Lipinski definition) is 4. The zero-order valence-corrected chi connectivity index (χ0v) is 12.4. The van der Waals surface area contributed by atoms with E-state index < -0.39 is 0 Å². The fourth-order valence-corrected chi connectivity index (χ4v) is 2.55. The molecule has 0 aliphatic carbocycles. The number of benzene rings is 1. The van der Waals surface area contributed by atoms with E-state index in [9.17, 15) is 14.7 Å². The predicted molar refractivity (Wildman–Crippen MR) is 79.6 cm³/mol. The van der Waals surface area contributed by atoms with E-state index in [1.165, 1.54) is 0 Å². The molecule has 1 aliphatic rings. The average Bonchev–Trinajstić information content (AvgIpc) is 2.47. The van der Waals surface area contributed by atoms with Gasteiger partial charge in [0.15, 0.2) is 5.78 Å². The Morgan fingerprint density at radius 3 is 2.90 bits per heavy atom. The van der Waals surface area contributed by atoms with Crippen LogP contribution in [-0.4, -0.2) is 23.8 Å². The highest BCUT2D eigenvalue weighted by Crippen LogP contribution is 2.33. The topological polar surface area (TPSA) is 63.6 Å². The molecule has 112 valence electrons. The fourth-order valence-electron chi connectivity index (χ4n) is 2.55. The van der Waals surface area contributed by atoms with Gasteiger partial charge in [-0.2, -0.15) is 0 Å². The first kappa shape index (κ1) is 15.4. The van der Waals surface area contributed by atoms with Gasteiger partial charge in [0.1, 0.15) is 18.6 Å². The lowest BCUT2D eigenvalue weighted by Gasteiger charge is -2.20. The molecule has 0 saturated carbocycles. The molecule has 0 fully saturated rings. The van der Waals surface area contributed by atoms with Crippen molar-refractivity contribution in [3.8, 4) is 5.75 Å². The highest BCUT2D eigenvalue weighted by atomic mass is 16.5. The minimum absolute atomic E-state index is 0.0255. The van der Waals surface area contributed by atoms with Crippen LogP contribution in [0.2, 0.25) is 0 Å². The maximum atomic E-state index is 12.0. The summed E-state index contributed by atoms with van der Waals surface area (Å²) in [5, 5.41) is 10.4. The summed E-state index contributed by atoms with van der Waals surface area (Å²) in [7, 11) is 0. The number of aromatic hydroxyl groups is 1. The van der Waals surface area contributed by atoms with Crippen LogP contribution in [-0.2, 0) is 22.6 Å². The summed E-state index contributed by atoms with van der Waals surface area (Å²) in [6, 6.07) is 1.90. The van der Waals surface area contributed by atoms with Gasteiger partial charge >= 0.3 is 0 Å². The molecule has 4 nitrogen and oxygen atoms in total. The Labute approximate surface area is 124 Å². The number of hydrogen-bond donors (Lipinski definition) is 1. The lowest BCUT2D eigenvalue weighted by Crippen LogP contribution is -2.20.